The van der Waals surface area contributed by atoms with Gasteiger partial charge in [-0.1, -0.05) is 35.4 Å². The van der Waals surface area contributed by atoms with Gasteiger partial charge in [-0.15, -0.1) is 0 Å². The zero-order valence-electron chi connectivity index (χ0n) is 5.77. The molecule has 0 heterocycles. The zero-order valence-corrected chi connectivity index (χ0v) is 8.10. The van der Waals surface area contributed by atoms with Crippen molar-refractivity contribution < 1.29 is 4.39 Å². The summed E-state index contributed by atoms with van der Waals surface area (Å²) in [6, 6.07) is 2.39. The van der Waals surface area contributed by atoms with Crippen LogP contribution in [0.15, 0.2) is 12.1 Å². The Bertz CT molecular complexity index is 340. The first kappa shape index (κ1) is 9.71. The van der Waals surface area contributed by atoms with Crippen molar-refractivity contribution in [1.29, 1.82) is 0 Å². The van der Waals surface area contributed by atoms with E-state index in [0.29, 0.717) is 5.56 Å². The summed E-state index contributed by atoms with van der Waals surface area (Å²) in [7, 11) is 0. The number of nitrogens with two attached hydrogens (primary N) is 1. The van der Waals surface area contributed by atoms with Crippen LogP contribution in [0.4, 0.5) is 4.39 Å². The van der Waals surface area contributed by atoms with Crippen molar-refractivity contribution in [2.24, 2.45) is 5.73 Å². The molecule has 0 amide bonds. The van der Waals surface area contributed by atoms with E-state index in [0.717, 1.165) is 6.07 Å². The van der Waals surface area contributed by atoms with Crippen LogP contribution in [0.3, 0.4) is 0 Å². The standard InChI is InChI=1S/C7H4Cl2FNS/c8-4-2-5(9)6(10)1-3(4)7(11)12/h1-2H,(H2,11,12). The third-order valence-corrected chi connectivity index (χ3v) is 2.10. The van der Waals surface area contributed by atoms with Crippen LogP contribution in [0.1, 0.15) is 5.56 Å². The first-order valence-corrected chi connectivity index (χ1v) is 4.13. The Kier molecular flexibility index (Phi) is 2.88. The van der Waals surface area contributed by atoms with Crippen LogP contribution in [0.5, 0.6) is 0 Å². The summed E-state index contributed by atoms with van der Waals surface area (Å²) < 4.78 is 12.8. The quantitative estimate of drug-likeness (QED) is 0.586. The van der Waals surface area contributed by atoms with Crippen molar-refractivity contribution in [2.45, 2.75) is 0 Å². The summed E-state index contributed by atoms with van der Waals surface area (Å²) in [6.07, 6.45) is 0. The fraction of sp³-hybridized carbons (Fsp3) is 0. The molecule has 0 fully saturated rings. The molecule has 2 N–H and O–H groups in total. The maximum atomic E-state index is 12.8. The van der Waals surface area contributed by atoms with Crippen molar-refractivity contribution in [3.63, 3.8) is 0 Å². The Labute approximate surface area is 84.3 Å². The Morgan fingerprint density at radius 1 is 1.33 bits per heavy atom. The topological polar surface area (TPSA) is 26.0 Å². The van der Waals surface area contributed by atoms with Gasteiger partial charge in [0.05, 0.1) is 10.0 Å². The number of hydrogen-bond donors (Lipinski definition) is 1. The summed E-state index contributed by atoms with van der Waals surface area (Å²) in [5.74, 6) is -0.580. The highest BCUT2D eigenvalue weighted by atomic mass is 35.5. The molecule has 0 spiro atoms. The van der Waals surface area contributed by atoms with Gasteiger partial charge in [0, 0.05) is 5.56 Å². The molecule has 1 aromatic carbocycles. The van der Waals surface area contributed by atoms with Gasteiger partial charge in [-0.25, -0.2) is 4.39 Å². The van der Waals surface area contributed by atoms with Crippen molar-refractivity contribution in [2.75, 3.05) is 0 Å². The van der Waals surface area contributed by atoms with Crippen LogP contribution < -0.4 is 5.73 Å². The fourth-order valence-corrected chi connectivity index (χ4v) is 1.42. The van der Waals surface area contributed by atoms with Gasteiger partial charge in [0.2, 0.25) is 0 Å². The van der Waals surface area contributed by atoms with Gasteiger partial charge in [-0.2, -0.15) is 0 Å². The summed E-state index contributed by atoms with van der Waals surface area (Å²) in [4.78, 5) is 0.0515. The largest absolute Gasteiger partial charge is 0.389 e. The Hall–Kier alpha value is -0.380. The third-order valence-electron chi connectivity index (χ3n) is 1.28. The highest BCUT2D eigenvalue weighted by Gasteiger charge is 2.08. The molecule has 1 nitrogen and oxygen atoms in total. The SMILES string of the molecule is NC(=S)c1cc(F)c(Cl)cc1Cl. The summed E-state index contributed by atoms with van der Waals surface area (Å²) in [5.41, 5.74) is 5.57. The molecule has 64 valence electrons. The van der Waals surface area contributed by atoms with E-state index in [2.05, 4.69) is 12.2 Å². The van der Waals surface area contributed by atoms with E-state index < -0.39 is 5.82 Å². The maximum Gasteiger partial charge on any atom is 0.142 e. The molecular weight excluding hydrogens is 220 g/mol. The first-order valence-electron chi connectivity index (χ1n) is 2.96. The molecular formula is C7H4Cl2FNS. The van der Waals surface area contributed by atoms with E-state index in [4.69, 9.17) is 28.9 Å². The minimum atomic E-state index is -0.580. The molecule has 1 aromatic rings. The van der Waals surface area contributed by atoms with Crippen LogP contribution in [0.2, 0.25) is 10.0 Å². The van der Waals surface area contributed by atoms with Gasteiger partial charge >= 0.3 is 0 Å². The average Bonchev–Trinajstić information content (AvgIpc) is 1.96. The average molecular weight is 224 g/mol. The monoisotopic (exact) mass is 223 g/mol. The smallest absolute Gasteiger partial charge is 0.142 e. The van der Waals surface area contributed by atoms with Gasteiger partial charge < -0.3 is 5.73 Å². The Morgan fingerprint density at radius 2 is 1.92 bits per heavy atom. The van der Waals surface area contributed by atoms with Gasteiger partial charge in [-0.05, 0) is 12.1 Å². The molecule has 0 saturated carbocycles. The van der Waals surface area contributed by atoms with E-state index in [9.17, 15) is 4.39 Å². The van der Waals surface area contributed by atoms with Crippen molar-refractivity contribution >= 4 is 40.4 Å². The molecule has 0 aromatic heterocycles. The lowest BCUT2D eigenvalue weighted by molar-refractivity contribution is 0.628. The molecule has 0 aliphatic carbocycles. The van der Waals surface area contributed by atoms with Crippen molar-refractivity contribution in [3.05, 3.63) is 33.6 Å². The van der Waals surface area contributed by atoms with Crippen molar-refractivity contribution in [1.82, 2.24) is 0 Å². The van der Waals surface area contributed by atoms with Gasteiger partial charge in [0.1, 0.15) is 10.8 Å². The molecule has 0 aliphatic rings. The predicted molar refractivity (Wildman–Crippen MR) is 52.3 cm³/mol. The highest BCUT2D eigenvalue weighted by Crippen LogP contribution is 2.23. The molecule has 1 rings (SSSR count). The van der Waals surface area contributed by atoms with Crippen LogP contribution in [0, 0.1) is 5.82 Å². The van der Waals surface area contributed by atoms with E-state index >= 15 is 0 Å². The van der Waals surface area contributed by atoms with Gasteiger partial charge in [-0.3, -0.25) is 0 Å². The van der Waals surface area contributed by atoms with Crippen LogP contribution in [-0.4, -0.2) is 4.99 Å². The number of hydrogen-bond acceptors (Lipinski definition) is 1. The number of thiocarbonyl (C=S) groups is 1. The van der Waals surface area contributed by atoms with Gasteiger partial charge in [0.25, 0.3) is 0 Å². The minimum absolute atomic E-state index is 0.0417. The highest BCUT2D eigenvalue weighted by molar-refractivity contribution is 7.80. The Morgan fingerprint density at radius 3 is 2.42 bits per heavy atom. The maximum absolute atomic E-state index is 12.8. The van der Waals surface area contributed by atoms with Crippen LogP contribution in [0.25, 0.3) is 0 Å². The number of benzene rings is 1. The lowest BCUT2D eigenvalue weighted by atomic mass is 10.2. The first-order chi connectivity index (χ1) is 5.52. The van der Waals surface area contributed by atoms with Crippen LogP contribution >= 0.6 is 35.4 Å². The normalized spacial score (nSPS) is 9.92. The fourth-order valence-electron chi connectivity index (χ4n) is 0.711. The lowest BCUT2D eigenvalue weighted by Gasteiger charge is -2.02. The molecule has 5 heteroatoms. The van der Waals surface area contributed by atoms with E-state index in [-0.39, 0.29) is 15.0 Å². The zero-order chi connectivity index (χ0) is 9.30. The molecule has 0 bridgehead atoms. The molecule has 0 aliphatic heterocycles. The molecule has 0 unspecified atom stereocenters. The van der Waals surface area contributed by atoms with Gasteiger partial charge in [0.15, 0.2) is 0 Å². The summed E-state index contributed by atoms with van der Waals surface area (Å²) >= 11 is 15.8. The second-order valence-corrected chi connectivity index (χ2v) is 3.36. The molecule has 0 saturated heterocycles. The number of halogens is 3. The second kappa shape index (κ2) is 3.56. The minimum Gasteiger partial charge on any atom is -0.389 e. The molecule has 0 radical (unpaired) electrons. The van der Waals surface area contributed by atoms with Crippen LogP contribution in [-0.2, 0) is 0 Å². The van der Waals surface area contributed by atoms with E-state index in [1.54, 1.807) is 0 Å². The Balaban J connectivity index is 3.33. The molecule has 0 atom stereocenters. The van der Waals surface area contributed by atoms with E-state index in [1.807, 2.05) is 0 Å². The molecule has 12 heavy (non-hydrogen) atoms. The van der Waals surface area contributed by atoms with Crippen molar-refractivity contribution in [3.8, 4) is 0 Å². The second-order valence-electron chi connectivity index (χ2n) is 2.11. The third kappa shape index (κ3) is 1.86. The van der Waals surface area contributed by atoms with E-state index in [1.165, 1.54) is 6.07 Å². The predicted octanol–water partition coefficient (Wildman–Crippen LogP) is 2.77. The number of rotatable bonds is 1. The summed E-state index contributed by atoms with van der Waals surface area (Å²) in [5, 5.41) is 0.217. The lowest BCUT2D eigenvalue weighted by Crippen LogP contribution is -2.10. The summed E-state index contributed by atoms with van der Waals surface area (Å²) in [6.45, 7) is 0.